The Morgan fingerprint density at radius 3 is 2.64 bits per heavy atom. The van der Waals surface area contributed by atoms with Gasteiger partial charge in [-0.25, -0.2) is 4.98 Å². The number of hydrogen-bond donors (Lipinski definition) is 0. The summed E-state index contributed by atoms with van der Waals surface area (Å²) in [5.74, 6) is 0.619. The Bertz CT molecular complexity index is 930. The van der Waals surface area contributed by atoms with Crippen LogP contribution in [0.15, 0.2) is 46.7 Å². The maximum atomic E-state index is 10.7. The van der Waals surface area contributed by atoms with E-state index in [2.05, 4.69) is 15.2 Å². The lowest BCUT2D eigenvalue weighted by molar-refractivity contribution is -0.385. The Balaban J connectivity index is 1.93. The smallest absolute Gasteiger partial charge is 0.287 e. The Morgan fingerprint density at radius 2 is 2.04 bits per heavy atom. The highest BCUT2D eigenvalue weighted by molar-refractivity contribution is 7.99. The average Bonchev–Trinajstić information content (AvgIpc) is 2.97. The molecule has 0 atom stereocenters. The van der Waals surface area contributed by atoms with Crippen LogP contribution in [0.25, 0.3) is 11.4 Å². The average molecular weight is 396 g/mol. The third-order valence-electron chi connectivity index (χ3n) is 3.33. The first-order valence-electron chi connectivity index (χ1n) is 7.16. The zero-order valence-electron chi connectivity index (χ0n) is 12.9. The van der Waals surface area contributed by atoms with Crippen LogP contribution >= 0.6 is 35.0 Å². The topological polar surface area (TPSA) is 86.7 Å². The van der Waals surface area contributed by atoms with Gasteiger partial charge in [0.1, 0.15) is 11.2 Å². The second-order valence-corrected chi connectivity index (χ2v) is 6.72. The molecule has 0 unspecified atom stereocenters. The van der Waals surface area contributed by atoms with Crippen LogP contribution in [0.4, 0.5) is 5.69 Å². The van der Waals surface area contributed by atoms with E-state index in [1.165, 1.54) is 24.0 Å². The molecule has 2 heterocycles. The molecular weight excluding hydrogens is 385 g/mol. The number of benzene rings is 1. The fourth-order valence-electron chi connectivity index (χ4n) is 2.15. The summed E-state index contributed by atoms with van der Waals surface area (Å²) in [5.41, 5.74) is 0.666. The molecule has 0 N–H and O–H groups in total. The quantitative estimate of drug-likeness (QED) is 0.458. The fourth-order valence-corrected chi connectivity index (χ4v) is 3.48. The first kappa shape index (κ1) is 17.7. The normalized spacial score (nSPS) is 10.8. The second-order valence-electron chi connectivity index (χ2n) is 4.89. The molecule has 0 amide bonds. The van der Waals surface area contributed by atoms with Crippen LogP contribution in [-0.4, -0.2) is 24.7 Å². The van der Waals surface area contributed by atoms with Gasteiger partial charge in [0.15, 0.2) is 11.0 Å². The number of nitro groups is 1. The monoisotopic (exact) mass is 395 g/mol. The summed E-state index contributed by atoms with van der Waals surface area (Å²) >= 11 is 13.5. The standard InChI is InChI=1S/C15H11Cl2N5O2S/c1-2-21-14(11-5-3-9(16)7-12(11)17)19-20-15(21)25-13-6-4-10(8-18-13)22(23)24/h3-8H,2H2,1H3. The van der Waals surface area contributed by atoms with Crippen molar-refractivity contribution >= 4 is 40.7 Å². The third-order valence-corrected chi connectivity index (χ3v) is 4.82. The van der Waals surface area contributed by atoms with Crippen LogP contribution < -0.4 is 0 Å². The van der Waals surface area contributed by atoms with Crippen molar-refractivity contribution in [2.45, 2.75) is 23.7 Å². The maximum Gasteiger partial charge on any atom is 0.287 e. The Morgan fingerprint density at radius 1 is 1.24 bits per heavy atom. The number of pyridine rings is 1. The van der Waals surface area contributed by atoms with Crippen molar-refractivity contribution in [3.8, 4) is 11.4 Å². The van der Waals surface area contributed by atoms with E-state index in [1.54, 1.807) is 24.3 Å². The minimum Gasteiger partial charge on any atom is -0.302 e. The number of aromatic nitrogens is 4. The molecular formula is C15H11Cl2N5O2S. The van der Waals surface area contributed by atoms with E-state index >= 15 is 0 Å². The van der Waals surface area contributed by atoms with Crippen LogP contribution in [0.1, 0.15) is 6.92 Å². The molecule has 0 aliphatic carbocycles. The molecule has 7 nitrogen and oxygen atoms in total. The second kappa shape index (κ2) is 7.38. The summed E-state index contributed by atoms with van der Waals surface area (Å²) in [7, 11) is 0. The maximum absolute atomic E-state index is 10.7. The molecule has 0 radical (unpaired) electrons. The molecule has 1 aromatic carbocycles. The van der Waals surface area contributed by atoms with Crippen molar-refractivity contribution in [1.82, 2.24) is 19.7 Å². The lowest BCUT2D eigenvalue weighted by Gasteiger charge is -2.08. The lowest BCUT2D eigenvalue weighted by Crippen LogP contribution is -2.00. The third kappa shape index (κ3) is 3.76. The number of rotatable bonds is 5. The first-order valence-corrected chi connectivity index (χ1v) is 8.73. The van der Waals surface area contributed by atoms with Crippen LogP contribution in [0, 0.1) is 10.1 Å². The van der Waals surface area contributed by atoms with Gasteiger partial charge in [-0.05, 0) is 43.0 Å². The molecule has 0 bridgehead atoms. The van der Waals surface area contributed by atoms with Crippen molar-refractivity contribution in [2.24, 2.45) is 0 Å². The molecule has 0 saturated carbocycles. The molecule has 0 aliphatic heterocycles. The molecule has 0 spiro atoms. The molecule has 3 rings (SSSR count). The van der Waals surface area contributed by atoms with Crippen molar-refractivity contribution in [2.75, 3.05) is 0 Å². The Hall–Kier alpha value is -2.16. The lowest BCUT2D eigenvalue weighted by atomic mass is 10.2. The minimum atomic E-state index is -0.489. The van der Waals surface area contributed by atoms with E-state index in [0.717, 1.165) is 5.56 Å². The molecule has 128 valence electrons. The van der Waals surface area contributed by atoms with E-state index in [-0.39, 0.29) is 5.69 Å². The Kier molecular flexibility index (Phi) is 5.22. The van der Waals surface area contributed by atoms with Crippen LogP contribution in [-0.2, 0) is 6.54 Å². The summed E-state index contributed by atoms with van der Waals surface area (Å²) in [6, 6.07) is 8.16. The van der Waals surface area contributed by atoms with Crippen molar-refractivity contribution in [3.05, 3.63) is 56.7 Å². The Labute approximate surface area is 157 Å². The van der Waals surface area contributed by atoms with Crippen LogP contribution in [0.2, 0.25) is 10.0 Å². The SMILES string of the molecule is CCn1c(Sc2ccc([N+](=O)[O-])cn2)nnc1-c1ccc(Cl)cc1Cl. The first-order chi connectivity index (χ1) is 12.0. The summed E-state index contributed by atoms with van der Waals surface area (Å²) in [4.78, 5) is 14.3. The highest BCUT2D eigenvalue weighted by atomic mass is 35.5. The van der Waals surface area contributed by atoms with E-state index in [1.807, 2.05) is 11.5 Å². The van der Waals surface area contributed by atoms with E-state index in [0.29, 0.717) is 32.6 Å². The van der Waals surface area contributed by atoms with Gasteiger partial charge < -0.3 is 4.57 Å². The van der Waals surface area contributed by atoms with E-state index in [4.69, 9.17) is 23.2 Å². The zero-order valence-corrected chi connectivity index (χ0v) is 15.2. The summed E-state index contributed by atoms with van der Waals surface area (Å²) in [6.07, 6.45) is 1.21. The molecule has 10 heteroatoms. The van der Waals surface area contributed by atoms with Crippen molar-refractivity contribution in [3.63, 3.8) is 0 Å². The summed E-state index contributed by atoms with van der Waals surface area (Å²) < 4.78 is 1.89. The molecule has 0 saturated heterocycles. The van der Waals surface area contributed by atoms with Gasteiger partial charge >= 0.3 is 0 Å². The van der Waals surface area contributed by atoms with E-state index in [9.17, 15) is 10.1 Å². The summed E-state index contributed by atoms with van der Waals surface area (Å²) in [6.45, 7) is 2.58. The predicted molar refractivity (Wildman–Crippen MR) is 96.2 cm³/mol. The van der Waals surface area contributed by atoms with Crippen LogP contribution in [0.5, 0.6) is 0 Å². The molecule has 0 aliphatic rings. The highest BCUT2D eigenvalue weighted by Gasteiger charge is 2.17. The minimum absolute atomic E-state index is 0.0602. The molecule has 25 heavy (non-hydrogen) atoms. The van der Waals surface area contributed by atoms with Gasteiger partial charge in [0.2, 0.25) is 0 Å². The zero-order chi connectivity index (χ0) is 18.0. The molecule has 0 fully saturated rings. The van der Waals surface area contributed by atoms with Crippen LogP contribution in [0.3, 0.4) is 0 Å². The number of nitrogens with zero attached hydrogens (tertiary/aromatic N) is 5. The largest absolute Gasteiger partial charge is 0.302 e. The van der Waals surface area contributed by atoms with Gasteiger partial charge in [-0.2, -0.15) is 0 Å². The van der Waals surface area contributed by atoms with Gasteiger partial charge in [-0.15, -0.1) is 10.2 Å². The number of hydrogen-bond acceptors (Lipinski definition) is 6. The number of halogens is 2. The van der Waals surface area contributed by atoms with Crippen molar-refractivity contribution in [1.29, 1.82) is 0 Å². The predicted octanol–water partition coefficient (Wildman–Crippen LogP) is 4.73. The van der Waals surface area contributed by atoms with Gasteiger partial charge in [0, 0.05) is 23.2 Å². The van der Waals surface area contributed by atoms with Gasteiger partial charge in [0.05, 0.1) is 9.95 Å². The van der Waals surface area contributed by atoms with E-state index < -0.39 is 4.92 Å². The van der Waals surface area contributed by atoms with Gasteiger partial charge in [-0.1, -0.05) is 23.2 Å². The fraction of sp³-hybridized carbons (Fsp3) is 0.133. The van der Waals surface area contributed by atoms with Gasteiger partial charge in [-0.3, -0.25) is 10.1 Å². The summed E-state index contributed by atoms with van der Waals surface area (Å²) in [5, 5.41) is 21.3. The molecule has 3 aromatic rings. The molecule has 2 aromatic heterocycles. The van der Waals surface area contributed by atoms with Gasteiger partial charge in [0.25, 0.3) is 5.69 Å². The highest BCUT2D eigenvalue weighted by Crippen LogP contribution is 2.33. The van der Waals surface area contributed by atoms with Crippen molar-refractivity contribution < 1.29 is 4.92 Å².